The monoisotopic (exact) mass is 458 g/mol. The molecular weight excluding hydrogens is 436 g/mol. The van der Waals surface area contributed by atoms with Crippen molar-refractivity contribution in [2.45, 2.75) is 31.5 Å². The van der Waals surface area contributed by atoms with E-state index in [9.17, 15) is 9.59 Å². The number of allylic oxidation sites excluding steroid dienone is 1. The van der Waals surface area contributed by atoms with Crippen molar-refractivity contribution < 1.29 is 33.3 Å². The summed E-state index contributed by atoms with van der Waals surface area (Å²) in [6, 6.07) is 11.8. The second-order valence-corrected chi connectivity index (χ2v) is 8.01. The number of esters is 1. The summed E-state index contributed by atoms with van der Waals surface area (Å²) in [5.41, 5.74) is 0.333. The molecule has 7 nitrogen and oxygen atoms in total. The van der Waals surface area contributed by atoms with Crippen LogP contribution in [0.15, 0.2) is 54.5 Å². The molecule has 0 saturated heterocycles. The van der Waals surface area contributed by atoms with Gasteiger partial charge in [0.1, 0.15) is 35.7 Å². The van der Waals surface area contributed by atoms with E-state index in [1.807, 2.05) is 0 Å². The van der Waals surface area contributed by atoms with Gasteiger partial charge in [-0.3, -0.25) is 4.79 Å². The van der Waals surface area contributed by atoms with Crippen molar-refractivity contribution in [3.63, 3.8) is 0 Å². The number of carbonyl (C=O) groups excluding carboxylic acids is 2. The molecule has 0 radical (unpaired) electrons. The Morgan fingerprint density at radius 1 is 1.06 bits per heavy atom. The number of ether oxygens (including phenoxy) is 5. The molecule has 1 fully saturated rings. The van der Waals surface area contributed by atoms with Crippen molar-refractivity contribution in [1.82, 2.24) is 0 Å². The van der Waals surface area contributed by atoms with Crippen LogP contribution in [0.1, 0.15) is 29.6 Å². The Labute approximate surface area is 190 Å². The highest BCUT2D eigenvalue weighted by Gasteiger charge is 2.42. The van der Waals surface area contributed by atoms with E-state index in [-0.39, 0.29) is 29.7 Å². The standard InChI is InChI=1S/C24H23ClO7/c1-28-16-9-14(10-17(11-16)29-2)24(27)31-15-7-8-18-21(12-15)30-13-22(23(18)26)32-20-6-4-3-5-19(20)25/h3-6,9-11,13,15,18,21H,7-8,12H2,1-2H3. The molecule has 2 aromatic carbocycles. The largest absolute Gasteiger partial charge is 0.497 e. The second kappa shape index (κ2) is 9.53. The summed E-state index contributed by atoms with van der Waals surface area (Å²) in [5, 5.41) is 0.410. The molecule has 168 valence electrons. The normalized spacial score (nSPS) is 22.2. The molecule has 0 aromatic heterocycles. The number of hydrogen-bond acceptors (Lipinski definition) is 7. The SMILES string of the molecule is COc1cc(OC)cc(C(=O)OC2CCC3C(=O)C(Oc4ccccc4Cl)=COC3C2)c1. The quantitative estimate of drug-likeness (QED) is 0.586. The number of hydrogen-bond donors (Lipinski definition) is 0. The Kier molecular flexibility index (Phi) is 6.55. The number of benzene rings is 2. The molecular formula is C24H23ClO7. The van der Waals surface area contributed by atoms with Crippen LogP contribution in [0, 0.1) is 5.92 Å². The van der Waals surface area contributed by atoms with Crippen LogP contribution >= 0.6 is 11.6 Å². The molecule has 1 heterocycles. The summed E-state index contributed by atoms with van der Waals surface area (Å²) in [6.45, 7) is 0. The first-order chi connectivity index (χ1) is 15.5. The lowest BCUT2D eigenvalue weighted by atomic mass is 9.80. The maximum absolute atomic E-state index is 12.9. The molecule has 3 unspecified atom stereocenters. The fraction of sp³-hybridized carbons (Fsp3) is 0.333. The van der Waals surface area contributed by atoms with Gasteiger partial charge < -0.3 is 23.7 Å². The van der Waals surface area contributed by atoms with E-state index in [0.717, 1.165) is 0 Å². The van der Waals surface area contributed by atoms with Crippen LogP contribution in [-0.4, -0.2) is 38.2 Å². The lowest BCUT2D eigenvalue weighted by Gasteiger charge is -2.36. The number of halogens is 1. The Morgan fingerprint density at radius 2 is 1.78 bits per heavy atom. The van der Waals surface area contributed by atoms with Gasteiger partial charge in [0.2, 0.25) is 11.5 Å². The molecule has 3 atom stereocenters. The zero-order valence-corrected chi connectivity index (χ0v) is 18.5. The molecule has 0 amide bonds. The van der Waals surface area contributed by atoms with Gasteiger partial charge in [0.25, 0.3) is 0 Å². The van der Waals surface area contributed by atoms with Crippen LogP contribution in [0.25, 0.3) is 0 Å². The van der Waals surface area contributed by atoms with Gasteiger partial charge in [0.15, 0.2) is 0 Å². The van der Waals surface area contributed by atoms with E-state index >= 15 is 0 Å². The van der Waals surface area contributed by atoms with E-state index in [1.54, 1.807) is 42.5 Å². The summed E-state index contributed by atoms with van der Waals surface area (Å²) in [4.78, 5) is 25.6. The van der Waals surface area contributed by atoms with Crippen LogP contribution < -0.4 is 14.2 Å². The maximum Gasteiger partial charge on any atom is 0.338 e. The first-order valence-electron chi connectivity index (χ1n) is 10.2. The van der Waals surface area contributed by atoms with E-state index in [0.29, 0.717) is 47.1 Å². The smallest absolute Gasteiger partial charge is 0.338 e. The minimum Gasteiger partial charge on any atom is -0.497 e. The van der Waals surface area contributed by atoms with Crippen LogP contribution in [0.3, 0.4) is 0 Å². The lowest BCUT2D eigenvalue weighted by Crippen LogP contribution is -2.43. The minimum absolute atomic E-state index is 0.123. The van der Waals surface area contributed by atoms with Gasteiger partial charge in [-0.25, -0.2) is 4.79 Å². The van der Waals surface area contributed by atoms with Gasteiger partial charge in [0, 0.05) is 12.5 Å². The number of methoxy groups -OCH3 is 2. The van der Waals surface area contributed by atoms with Gasteiger partial charge in [-0.15, -0.1) is 0 Å². The van der Waals surface area contributed by atoms with Crippen molar-refractivity contribution in [2.24, 2.45) is 5.92 Å². The molecule has 1 saturated carbocycles. The van der Waals surface area contributed by atoms with Crippen molar-refractivity contribution in [1.29, 1.82) is 0 Å². The predicted octanol–water partition coefficient (Wildman–Crippen LogP) is 4.57. The molecule has 4 rings (SSSR count). The van der Waals surface area contributed by atoms with Crippen molar-refractivity contribution >= 4 is 23.4 Å². The van der Waals surface area contributed by atoms with Crippen molar-refractivity contribution in [3.8, 4) is 17.2 Å². The highest BCUT2D eigenvalue weighted by molar-refractivity contribution is 6.32. The van der Waals surface area contributed by atoms with E-state index in [4.69, 9.17) is 35.3 Å². The molecule has 1 aliphatic carbocycles. The highest BCUT2D eigenvalue weighted by Crippen LogP contribution is 2.36. The van der Waals surface area contributed by atoms with Gasteiger partial charge >= 0.3 is 5.97 Å². The van der Waals surface area contributed by atoms with E-state index < -0.39 is 5.97 Å². The van der Waals surface area contributed by atoms with Crippen LogP contribution in [0.5, 0.6) is 17.2 Å². The number of Topliss-reactive ketones (excluding diaryl/α,β-unsaturated/α-hetero) is 1. The first-order valence-corrected chi connectivity index (χ1v) is 10.6. The summed E-state index contributed by atoms with van der Waals surface area (Å²) in [7, 11) is 3.03. The average Bonchev–Trinajstić information content (AvgIpc) is 2.81. The fourth-order valence-corrected chi connectivity index (χ4v) is 4.08. The lowest BCUT2D eigenvalue weighted by molar-refractivity contribution is -0.132. The minimum atomic E-state index is -0.480. The van der Waals surface area contributed by atoms with Crippen molar-refractivity contribution in [3.05, 3.63) is 65.1 Å². The summed E-state index contributed by atoms with van der Waals surface area (Å²) in [6.07, 6.45) is 2.05. The van der Waals surface area contributed by atoms with Gasteiger partial charge in [0.05, 0.1) is 30.7 Å². The van der Waals surface area contributed by atoms with Gasteiger partial charge in [-0.2, -0.15) is 0 Å². The Hall–Kier alpha value is -3.19. The molecule has 32 heavy (non-hydrogen) atoms. The van der Waals surface area contributed by atoms with Crippen molar-refractivity contribution in [2.75, 3.05) is 14.2 Å². The summed E-state index contributed by atoms with van der Waals surface area (Å²) in [5.74, 6) is 0.541. The number of ketones is 1. The molecule has 2 aromatic rings. The van der Waals surface area contributed by atoms with Gasteiger partial charge in [-0.1, -0.05) is 23.7 Å². The molecule has 2 aliphatic rings. The Bertz CT molecular complexity index is 1030. The second-order valence-electron chi connectivity index (χ2n) is 7.60. The third-order valence-corrected chi connectivity index (χ3v) is 5.90. The third-order valence-electron chi connectivity index (χ3n) is 5.59. The summed E-state index contributed by atoms with van der Waals surface area (Å²) < 4.78 is 27.6. The molecule has 0 bridgehead atoms. The molecule has 1 aliphatic heterocycles. The Balaban J connectivity index is 1.40. The van der Waals surface area contributed by atoms with E-state index in [2.05, 4.69) is 0 Å². The van der Waals surface area contributed by atoms with Crippen LogP contribution in [-0.2, 0) is 14.3 Å². The highest BCUT2D eigenvalue weighted by atomic mass is 35.5. The first kappa shape index (κ1) is 22.0. The zero-order chi connectivity index (χ0) is 22.7. The number of rotatable bonds is 6. The van der Waals surface area contributed by atoms with E-state index in [1.165, 1.54) is 20.5 Å². The third kappa shape index (κ3) is 4.67. The van der Waals surface area contributed by atoms with Crippen LogP contribution in [0.2, 0.25) is 5.02 Å². The number of fused-ring (bicyclic) bond motifs is 1. The number of carbonyl (C=O) groups is 2. The van der Waals surface area contributed by atoms with Gasteiger partial charge in [-0.05, 0) is 37.1 Å². The average molecular weight is 459 g/mol. The van der Waals surface area contributed by atoms with Crippen LogP contribution in [0.4, 0.5) is 0 Å². The zero-order valence-electron chi connectivity index (χ0n) is 17.7. The predicted molar refractivity (Wildman–Crippen MR) is 116 cm³/mol. The summed E-state index contributed by atoms with van der Waals surface area (Å²) >= 11 is 6.12. The topological polar surface area (TPSA) is 80.3 Å². The Morgan fingerprint density at radius 3 is 2.47 bits per heavy atom. The molecule has 0 N–H and O–H groups in total. The maximum atomic E-state index is 12.9. The number of para-hydroxylation sites is 1. The molecule has 0 spiro atoms. The fourth-order valence-electron chi connectivity index (χ4n) is 3.90. The molecule has 8 heteroatoms.